The summed E-state index contributed by atoms with van der Waals surface area (Å²) < 4.78 is 0. The molecule has 0 fully saturated rings. The lowest BCUT2D eigenvalue weighted by Gasteiger charge is -2.04. The lowest BCUT2D eigenvalue weighted by Crippen LogP contribution is -1.90. The maximum absolute atomic E-state index is 6.07. The van der Waals surface area contributed by atoms with Gasteiger partial charge in [-0.05, 0) is 19.1 Å². The van der Waals surface area contributed by atoms with Gasteiger partial charge in [-0.1, -0.05) is 35.4 Å². The van der Waals surface area contributed by atoms with Crippen molar-refractivity contribution in [2.24, 2.45) is 0 Å². The highest BCUT2D eigenvalue weighted by molar-refractivity contribution is 6.33. The number of pyridine rings is 1. The number of halogens is 1. The number of rotatable bonds is 1. The van der Waals surface area contributed by atoms with Gasteiger partial charge in [-0.3, -0.25) is 4.98 Å². The molecule has 2 rings (SSSR count). The summed E-state index contributed by atoms with van der Waals surface area (Å²) in [5.41, 5.74) is 9.14. The Balaban J connectivity index is 2.54. The average molecular weight is 219 g/mol. The second-order valence-corrected chi connectivity index (χ2v) is 3.88. The van der Waals surface area contributed by atoms with Crippen LogP contribution in [0.1, 0.15) is 5.56 Å². The summed E-state index contributed by atoms with van der Waals surface area (Å²) in [4.78, 5) is 4.23. The van der Waals surface area contributed by atoms with Gasteiger partial charge in [-0.15, -0.1) is 0 Å². The predicted molar refractivity (Wildman–Crippen MR) is 63.8 cm³/mol. The van der Waals surface area contributed by atoms with E-state index in [2.05, 4.69) is 4.98 Å². The third-order valence-corrected chi connectivity index (χ3v) is 2.44. The lowest BCUT2D eigenvalue weighted by molar-refractivity contribution is 1.32. The van der Waals surface area contributed by atoms with E-state index in [1.54, 1.807) is 12.3 Å². The molecule has 0 aliphatic heterocycles. The molecule has 3 heteroatoms. The highest BCUT2D eigenvalue weighted by atomic mass is 35.5. The first-order valence-corrected chi connectivity index (χ1v) is 5.02. The normalized spacial score (nSPS) is 10.3. The number of hydrogen-bond acceptors (Lipinski definition) is 2. The topological polar surface area (TPSA) is 38.9 Å². The van der Waals surface area contributed by atoms with Gasteiger partial charge in [0, 0.05) is 5.56 Å². The first-order valence-electron chi connectivity index (χ1n) is 4.65. The zero-order chi connectivity index (χ0) is 10.8. The first kappa shape index (κ1) is 9.99. The Bertz CT molecular complexity index is 495. The SMILES string of the molecule is Cc1cccc(-c2ncc(N)cc2Cl)c1. The summed E-state index contributed by atoms with van der Waals surface area (Å²) in [7, 11) is 0. The Morgan fingerprint density at radius 1 is 1.27 bits per heavy atom. The van der Waals surface area contributed by atoms with Crippen LogP contribution in [0.4, 0.5) is 5.69 Å². The number of aromatic nitrogens is 1. The molecule has 0 atom stereocenters. The number of anilines is 1. The van der Waals surface area contributed by atoms with Crippen molar-refractivity contribution in [3.63, 3.8) is 0 Å². The van der Waals surface area contributed by atoms with Gasteiger partial charge in [-0.25, -0.2) is 0 Å². The molecule has 0 radical (unpaired) electrons. The fourth-order valence-electron chi connectivity index (χ4n) is 1.46. The third kappa shape index (κ3) is 2.10. The van der Waals surface area contributed by atoms with E-state index in [9.17, 15) is 0 Å². The number of nitrogen functional groups attached to an aromatic ring is 1. The van der Waals surface area contributed by atoms with Crippen molar-refractivity contribution in [2.75, 3.05) is 5.73 Å². The predicted octanol–water partition coefficient (Wildman–Crippen LogP) is 3.29. The molecular weight excluding hydrogens is 208 g/mol. The highest BCUT2D eigenvalue weighted by Gasteiger charge is 2.05. The molecule has 15 heavy (non-hydrogen) atoms. The van der Waals surface area contributed by atoms with E-state index >= 15 is 0 Å². The summed E-state index contributed by atoms with van der Waals surface area (Å²) in [6.45, 7) is 2.04. The Morgan fingerprint density at radius 3 is 2.73 bits per heavy atom. The van der Waals surface area contributed by atoms with Crippen LogP contribution in [0.3, 0.4) is 0 Å². The van der Waals surface area contributed by atoms with Gasteiger partial charge in [-0.2, -0.15) is 0 Å². The quantitative estimate of drug-likeness (QED) is 0.798. The number of aryl methyl sites for hydroxylation is 1. The number of nitrogens with zero attached hydrogens (tertiary/aromatic N) is 1. The van der Waals surface area contributed by atoms with Crippen LogP contribution >= 0.6 is 11.6 Å². The average Bonchev–Trinajstić information content (AvgIpc) is 2.17. The molecule has 76 valence electrons. The van der Waals surface area contributed by atoms with E-state index in [0.29, 0.717) is 10.7 Å². The molecule has 1 heterocycles. The van der Waals surface area contributed by atoms with E-state index in [-0.39, 0.29) is 0 Å². The number of hydrogen-bond donors (Lipinski definition) is 1. The molecular formula is C12H11ClN2. The minimum absolute atomic E-state index is 0.580. The molecule has 0 spiro atoms. The van der Waals surface area contributed by atoms with Gasteiger partial charge in [0.15, 0.2) is 0 Å². The van der Waals surface area contributed by atoms with Gasteiger partial charge in [0.05, 0.1) is 22.6 Å². The van der Waals surface area contributed by atoms with Crippen LogP contribution in [-0.2, 0) is 0 Å². The molecule has 2 nitrogen and oxygen atoms in total. The van der Waals surface area contributed by atoms with Gasteiger partial charge in [0.1, 0.15) is 0 Å². The van der Waals surface area contributed by atoms with Crippen molar-refractivity contribution >= 4 is 17.3 Å². The maximum Gasteiger partial charge on any atom is 0.0889 e. The Hall–Kier alpha value is -1.54. The van der Waals surface area contributed by atoms with E-state index in [1.807, 2.05) is 31.2 Å². The van der Waals surface area contributed by atoms with Gasteiger partial charge >= 0.3 is 0 Å². The Kier molecular flexibility index (Phi) is 2.60. The summed E-state index contributed by atoms with van der Waals surface area (Å²) in [5.74, 6) is 0. The number of nitrogens with two attached hydrogens (primary N) is 1. The molecule has 0 bridgehead atoms. The molecule has 0 saturated carbocycles. The minimum Gasteiger partial charge on any atom is -0.397 e. The Morgan fingerprint density at radius 2 is 2.07 bits per heavy atom. The molecule has 0 aliphatic carbocycles. The molecule has 0 unspecified atom stereocenters. The highest BCUT2D eigenvalue weighted by Crippen LogP contribution is 2.27. The zero-order valence-electron chi connectivity index (χ0n) is 8.37. The second-order valence-electron chi connectivity index (χ2n) is 3.47. The second kappa shape index (κ2) is 3.91. The van der Waals surface area contributed by atoms with Crippen molar-refractivity contribution in [2.45, 2.75) is 6.92 Å². The third-order valence-electron chi connectivity index (χ3n) is 2.15. The van der Waals surface area contributed by atoms with Crippen molar-refractivity contribution in [3.8, 4) is 11.3 Å². The summed E-state index contributed by atoms with van der Waals surface area (Å²) in [5, 5.41) is 0.584. The fraction of sp³-hybridized carbons (Fsp3) is 0.0833. The van der Waals surface area contributed by atoms with E-state index in [4.69, 9.17) is 17.3 Å². The monoisotopic (exact) mass is 218 g/mol. The molecule has 0 aliphatic rings. The molecule has 1 aromatic heterocycles. The van der Waals surface area contributed by atoms with Crippen LogP contribution in [0, 0.1) is 6.92 Å². The van der Waals surface area contributed by atoms with Gasteiger partial charge in [0.25, 0.3) is 0 Å². The Labute approximate surface area is 93.7 Å². The zero-order valence-corrected chi connectivity index (χ0v) is 9.12. The van der Waals surface area contributed by atoms with Crippen LogP contribution in [0.15, 0.2) is 36.5 Å². The van der Waals surface area contributed by atoms with Crippen LogP contribution < -0.4 is 5.73 Å². The molecule has 1 aromatic carbocycles. The summed E-state index contributed by atoms with van der Waals surface area (Å²) in [6, 6.07) is 9.77. The van der Waals surface area contributed by atoms with Gasteiger partial charge < -0.3 is 5.73 Å². The summed E-state index contributed by atoms with van der Waals surface area (Å²) >= 11 is 6.07. The van der Waals surface area contributed by atoms with Crippen molar-refractivity contribution in [1.82, 2.24) is 4.98 Å². The smallest absolute Gasteiger partial charge is 0.0889 e. The molecule has 0 amide bonds. The number of benzene rings is 1. The largest absolute Gasteiger partial charge is 0.397 e. The summed E-state index contributed by atoms with van der Waals surface area (Å²) in [6.07, 6.45) is 1.61. The van der Waals surface area contributed by atoms with Crippen LogP contribution in [0.5, 0.6) is 0 Å². The van der Waals surface area contributed by atoms with E-state index in [1.165, 1.54) is 5.56 Å². The van der Waals surface area contributed by atoms with E-state index in [0.717, 1.165) is 11.3 Å². The maximum atomic E-state index is 6.07. The van der Waals surface area contributed by atoms with Crippen LogP contribution in [-0.4, -0.2) is 4.98 Å². The van der Waals surface area contributed by atoms with Crippen LogP contribution in [0.2, 0.25) is 5.02 Å². The van der Waals surface area contributed by atoms with E-state index < -0.39 is 0 Å². The fourth-order valence-corrected chi connectivity index (χ4v) is 1.74. The first-order chi connectivity index (χ1) is 7.16. The molecule has 2 N–H and O–H groups in total. The standard InChI is InChI=1S/C12H11ClN2/c1-8-3-2-4-9(5-8)12-11(13)6-10(14)7-15-12/h2-7H,14H2,1H3. The minimum atomic E-state index is 0.580. The van der Waals surface area contributed by atoms with Crippen molar-refractivity contribution in [3.05, 3.63) is 47.1 Å². The molecule has 0 saturated heterocycles. The van der Waals surface area contributed by atoms with Crippen LogP contribution in [0.25, 0.3) is 11.3 Å². The lowest BCUT2D eigenvalue weighted by atomic mass is 10.1. The van der Waals surface area contributed by atoms with Crippen molar-refractivity contribution in [1.29, 1.82) is 0 Å². The molecule has 2 aromatic rings. The van der Waals surface area contributed by atoms with Gasteiger partial charge in [0.2, 0.25) is 0 Å². The van der Waals surface area contributed by atoms with Crippen molar-refractivity contribution < 1.29 is 0 Å².